The zero-order valence-electron chi connectivity index (χ0n) is 10.2. The first-order valence-corrected chi connectivity index (χ1v) is 6.12. The number of rotatable bonds is 2. The molecule has 0 unspecified atom stereocenters. The SMILES string of the molecule is Cc1ccc2oc(C(=O)C3=CCCCO3)cc2c1. The van der Waals surface area contributed by atoms with Crippen molar-refractivity contribution in [3.63, 3.8) is 0 Å². The summed E-state index contributed by atoms with van der Waals surface area (Å²) in [4.78, 5) is 12.2. The predicted octanol–water partition coefficient (Wildman–Crippen LogP) is 3.62. The van der Waals surface area contributed by atoms with E-state index in [-0.39, 0.29) is 5.78 Å². The Hall–Kier alpha value is -2.03. The Morgan fingerprint density at radius 2 is 2.17 bits per heavy atom. The summed E-state index contributed by atoms with van der Waals surface area (Å²) in [6, 6.07) is 7.64. The van der Waals surface area contributed by atoms with Crippen molar-refractivity contribution in [1.82, 2.24) is 0 Å². The van der Waals surface area contributed by atoms with Crippen molar-refractivity contribution in [2.75, 3.05) is 6.61 Å². The molecule has 1 aliphatic rings. The van der Waals surface area contributed by atoms with E-state index in [0.717, 1.165) is 29.4 Å². The smallest absolute Gasteiger partial charge is 0.262 e. The highest BCUT2D eigenvalue weighted by Crippen LogP contribution is 2.24. The molecule has 0 saturated carbocycles. The zero-order valence-corrected chi connectivity index (χ0v) is 10.2. The van der Waals surface area contributed by atoms with Crippen LogP contribution in [0.3, 0.4) is 0 Å². The van der Waals surface area contributed by atoms with Crippen LogP contribution < -0.4 is 0 Å². The first-order chi connectivity index (χ1) is 8.74. The van der Waals surface area contributed by atoms with Crippen LogP contribution in [0.2, 0.25) is 0 Å². The number of hydrogen-bond donors (Lipinski definition) is 0. The molecule has 3 nitrogen and oxygen atoms in total. The lowest BCUT2D eigenvalue weighted by Gasteiger charge is -2.12. The molecule has 1 aromatic heterocycles. The average Bonchev–Trinajstić information content (AvgIpc) is 2.81. The average molecular weight is 242 g/mol. The summed E-state index contributed by atoms with van der Waals surface area (Å²) in [5, 5.41) is 0.953. The van der Waals surface area contributed by atoms with E-state index in [0.29, 0.717) is 18.1 Å². The van der Waals surface area contributed by atoms with Gasteiger partial charge in [0.05, 0.1) is 6.61 Å². The minimum absolute atomic E-state index is 0.163. The van der Waals surface area contributed by atoms with Gasteiger partial charge in [-0.1, -0.05) is 11.6 Å². The van der Waals surface area contributed by atoms with Gasteiger partial charge in [0.25, 0.3) is 5.78 Å². The first-order valence-electron chi connectivity index (χ1n) is 6.12. The number of aryl methyl sites for hydroxylation is 1. The minimum atomic E-state index is -0.163. The van der Waals surface area contributed by atoms with Crippen LogP contribution in [0.1, 0.15) is 29.0 Å². The summed E-state index contributed by atoms with van der Waals surface area (Å²) in [6.45, 7) is 2.62. The maximum atomic E-state index is 12.2. The molecule has 2 aromatic rings. The van der Waals surface area contributed by atoms with Crippen LogP contribution in [0.25, 0.3) is 11.0 Å². The van der Waals surface area contributed by atoms with Gasteiger partial charge in [0.1, 0.15) is 5.58 Å². The number of ketones is 1. The van der Waals surface area contributed by atoms with E-state index in [2.05, 4.69) is 0 Å². The molecular weight excluding hydrogens is 228 g/mol. The molecule has 1 aromatic carbocycles. The van der Waals surface area contributed by atoms with Crippen molar-refractivity contribution in [3.05, 3.63) is 47.4 Å². The molecule has 0 amide bonds. The van der Waals surface area contributed by atoms with Gasteiger partial charge in [0.15, 0.2) is 11.5 Å². The lowest BCUT2D eigenvalue weighted by Crippen LogP contribution is -2.10. The van der Waals surface area contributed by atoms with E-state index in [1.165, 1.54) is 0 Å². The summed E-state index contributed by atoms with van der Waals surface area (Å²) >= 11 is 0. The molecular formula is C15H14O3. The number of carbonyl (C=O) groups is 1. The van der Waals surface area contributed by atoms with Gasteiger partial charge in [-0.05, 0) is 44.0 Å². The number of ether oxygens (including phenoxy) is 1. The zero-order chi connectivity index (χ0) is 12.5. The Balaban J connectivity index is 1.98. The molecule has 3 heteroatoms. The molecule has 0 N–H and O–H groups in total. The van der Waals surface area contributed by atoms with Crippen LogP contribution in [-0.4, -0.2) is 12.4 Å². The van der Waals surface area contributed by atoms with Gasteiger partial charge in [0.2, 0.25) is 0 Å². The monoisotopic (exact) mass is 242 g/mol. The lowest BCUT2D eigenvalue weighted by molar-refractivity contribution is 0.0874. The van der Waals surface area contributed by atoms with Gasteiger partial charge >= 0.3 is 0 Å². The highest BCUT2D eigenvalue weighted by molar-refractivity contribution is 6.07. The number of benzene rings is 1. The maximum absolute atomic E-state index is 12.2. The largest absolute Gasteiger partial charge is 0.490 e. The number of fused-ring (bicyclic) bond motifs is 1. The van der Waals surface area contributed by atoms with Crippen LogP contribution in [0.5, 0.6) is 0 Å². The molecule has 0 fully saturated rings. The highest BCUT2D eigenvalue weighted by atomic mass is 16.5. The van der Waals surface area contributed by atoms with E-state index < -0.39 is 0 Å². The molecule has 0 atom stereocenters. The van der Waals surface area contributed by atoms with Crippen molar-refractivity contribution in [2.24, 2.45) is 0 Å². The molecule has 1 aliphatic heterocycles. The third kappa shape index (κ3) is 1.92. The summed E-state index contributed by atoms with van der Waals surface area (Å²) < 4.78 is 10.9. The van der Waals surface area contributed by atoms with Crippen molar-refractivity contribution in [3.8, 4) is 0 Å². The standard InChI is InChI=1S/C15H14O3/c1-10-5-6-12-11(8-10)9-14(18-12)15(16)13-4-2-3-7-17-13/h4-6,8-9H,2-3,7H2,1H3. The highest BCUT2D eigenvalue weighted by Gasteiger charge is 2.20. The Bertz CT molecular complexity index is 634. The quantitative estimate of drug-likeness (QED) is 0.755. The molecule has 2 heterocycles. The normalized spacial score (nSPS) is 15.3. The van der Waals surface area contributed by atoms with Gasteiger partial charge in [-0.3, -0.25) is 4.79 Å². The molecule has 3 rings (SSSR count). The Kier molecular flexibility index (Phi) is 2.67. The van der Waals surface area contributed by atoms with E-state index in [9.17, 15) is 4.79 Å². The van der Waals surface area contributed by atoms with Crippen LogP contribution >= 0.6 is 0 Å². The molecule has 18 heavy (non-hydrogen) atoms. The Morgan fingerprint density at radius 3 is 2.94 bits per heavy atom. The summed E-state index contributed by atoms with van der Waals surface area (Å²) in [5.41, 5.74) is 1.88. The molecule has 0 bridgehead atoms. The van der Waals surface area contributed by atoms with Gasteiger partial charge < -0.3 is 9.15 Å². The molecule has 0 radical (unpaired) electrons. The van der Waals surface area contributed by atoms with Crippen molar-refractivity contribution in [2.45, 2.75) is 19.8 Å². The second kappa shape index (κ2) is 4.33. The number of furan rings is 1. The maximum Gasteiger partial charge on any atom is 0.262 e. The van der Waals surface area contributed by atoms with Crippen molar-refractivity contribution >= 4 is 16.8 Å². The van der Waals surface area contributed by atoms with Crippen LogP contribution in [-0.2, 0) is 4.74 Å². The van der Waals surface area contributed by atoms with Crippen LogP contribution in [0.15, 0.2) is 40.5 Å². The summed E-state index contributed by atoms with van der Waals surface area (Å²) in [6.07, 6.45) is 3.70. The number of hydrogen-bond acceptors (Lipinski definition) is 3. The van der Waals surface area contributed by atoms with Gasteiger partial charge in [-0.25, -0.2) is 0 Å². The predicted molar refractivity (Wildman–Crippen MR) is 68.6 cm³/mol. The fourth-order valence-corrected chi connectivity index (χ4v) is 2.11. The van der Waals surface area contributed by atoms with Gasteiger partial charge in [0, 0.05) is 5.39 Å². The van der Waals surface area contributed by atoms with E-state index in [1.54, 1.807) is 6.07 Å². The fraction of sp³-hybridized carbons (Fsp3) is 0.267. The Labute approximate surface area is 105 Å². The van der Waals surface area contributed by atoms with E-state index >= 15 is 0 Å². The second-order valence-electron chi connectivity index (χ2n) is 4.54. The molecule has 0 saturated heterocycles. The number of carbonyl (C=O) groups excluding carboxylic acids is 1. The minimum Gasteiger partial charge on any atom is -0.490 e. The lowest BCUT2D eigenvalue weighted by atomic mass is 10.1. The summed E-state index contributed by atoms with van der Waals surface area (Å²) in [7, 11) is 0. The van der Waals surface area contributed by atoms with E-state index in [1.807, 2.05) is 31.2 Å². The van der Waals surface area contributed by atoms with Crippen LogP contribution in [0, 0.1) is 6.92 Å². The number of Topliss-reactive ketones (excluding diaryl/α,β-unsaturated/α-hetero) is 1. The van der Waals surface area contributed by atoms with Gasteiger partial charge in [-0.2, -0.15) is 0 Å². The summed E-state index contributed by atoms with van der Waals surface area (Å²) in [5.74, 6) is 0.601. The fourth-order valence-electron chi connectivity index (χ4n) is 2.11. The van der Waals surface area contributed by atoms with Gasteiger partial charge in [-0.15, -0.1) is 0 Å². The third-order valence-electron chi connectivity index (χ3n) is 3.06. The molecule has 0 spiro atoms. The topological polar surface area (TPSA) is 39.4 Å². The first kappa shape index (κ1) is 11.1. The second-order valence-corrected chi connectivity index (χ2v) is 4.54. The van der Waals surface area contributed by atoms with Crippen molar-refractivity contribution in [1.29, 1.82) is 0 Å². The Morgan fingerprint density at radius 1 is 1.28 bits per heavy atom. The van der Waals surface area contributed by atoms with Crippen LogP contribution in [0.4, 0.5) is 0 Å². The molecule has 92 valence electrons. The molecule has 0 aliphatic carbocycles. The number of allylic oxidation sites excluding steroid dienone is 2. The third-order valence-corrected chi connectivity index (χ3v) is 3.06. The van der Waals surface area contributed by atoms with E-state index in [4.69, 9.17) is 9.15 Å². The van der Waals surface area contributed by atoms with Crippen molar-refractivity contribution < 1.29 is 13.9 Å².